The number of para-hydroxylation sites is 1. The highest BCUT2D eigenvalue weighted by atomic mass is 15.3. The number of benzene rings is 1. The van der Waals surface area contributed by atoms with Crippen LogP contribution in [0.15, 0.2) is 41.1 Å². The van der Waals surface area contributed by atoms with Gasteiger partial charge in [-0.25, -0.2) is 9.48 Å². The van der Waals surface area contributed by atoms with Crippen molar-refractivity contribution in [3.63, 3.8) is 0 Å². The predicted octanol–water partition coefficient (Wildman–Crippen LogP) is 7.08. The first-order valence-electron chi connectivity index (χ1n) is 11.7. The molecule has 0 radical (unpaired) electrons. The Kier molecular flexibility index (Phi) is 6.71. The molecule has 3 rings (SSSR count). The summed E-state index contributed by atoms with van der Waals surface area (Å²) in [5.74, 6) is 2.22. The summed E-state index contributed by atoms with van der Waals surface area (Å²) in [5, 5.41) is 0. The molecule has 1 aliphatic heterocycles. The van der Waals surface area contributed by atoms with Gasteiger partial charge in [0, 0.05) is 11.1 Å². The van der Waals surface area contributed by atoms with E-state index in [1.165, 1.54) is 35.4 Å². The molecule has 0 atom stereocenters. The molecule has 2 nitrogen and oxygen atoms in total. The number of rotatable bonds is 6. The Morgan fingerprint density at radius 2 is 1.45 bits per heavy atom. The van der Waals surface area contributed by atoms with Crippen LogP contribution in [0.2, 0.25) is 0 Å². The summed E-state index contributed by atoms with van der Waals surface area (Å²) < 4.78 is 2.56. The van der Waals surface area contributed by atoms with Gasteiger partial charge in [-0.1, -0.05) is 79.7 Å². The average molecular weight is 394 g/mol. The SMILES string of the molecule is CC(C)C1=CCCC(C(C)C)=C1[N+]1=CN(c2c(C(C)C)cccc2C(C)C)CC1. The molecular weight excluding hydrogens is 352 g/mol. The van der Waals surface area contributed by atoms with Gasteiger partial charge < -0.3 is 0 Å². The Morgan fingerprint density at radius 1 is 0.828 bits per heavy atom. The van der Waals surface area contributed by atoms with E-state index >= 15 is 0 Å². The summed E-state index contributed by atoms with van der Waals surface area (Å²) in [4.78, 5) is 2.53. The summed E-state index contributed by atoms with van der Waals surface area (Å²) in [6.07, 6.45) is 7.29. The molecule has 2 aliphatic rings. The second-order valence-electron chi connectivity index (χ2n) is 9.98. The maximum Gasteiger partial charge on any atom is 0.244 e. The molecule has 1 heterocycles. The highest BCUT2D eigenvalue weighted by Gasteiger charge is 2.33. The van der Waals surface area contributed by atoms with Crippen molar-refractivity contribution in [3.8, 4) is 0 Å². The van der Waals surface area contributed by atoms with E-state index in [1.807, 2.05) is 0 Å². The van der Waals surface area contributed by atoms with E-state index in [2.05, 4.69) is 95.5 Å². The van der Waals surface area contributed by atoms with Crippen LogP contribution in [0.25, 0.3) is 0 Å². The number of nitrogens with zero attached hydrogens (tertiary/aromatic N) is 2. The van der Waals surface area contributed by atoms with Crippen molar-refractivity contribution in [2.24, 2.45) is 11.8 Å². The first kappa shape index (κ1) is 21.9. The second-order valence-corrected chi connectivity index (χ2v) is 9.98. The highest BCUT2D eigenvalue weighted by Crippen LogP contribution is 2.38. The number of hydrogen-bond donors (Lipinski definition) is 0. The highest BCUT2D eigenvalue weighted by molar-refractivity contribution is 5.82. The summed E-state index contributed by atoms with van der Waals surface area (Å²) in [5.41, 5.74) is 9.07. The molecule has 1 aromatic carbocycles. The largest absolute Gasteiger partial charge is 0.244 e. The Hall–Kier alpha value is -1.83. The van der Waals surface area contributed by atoms with E-state index in [0.29, 0.717) is 23.7 Å². The van der Waals surface area contributed by atoms with E-state index in [4.69, 9.17) is 0 Å². The maximum absolute atomic E-state index is 2.56. The molecule has 0 saturated carbocycles. The molecule has 158 valence electrons. The first-order valence-corrected chi connectivity index (χ1v) is 11.7. The fourth-order valence-corrected chi connectivity index (χ4v) is 4.89. The number of anilines is 1. The molecule has 2 heteroatoms. The van der Waals surface area contributed by atoms with Crippen LogP contribution in [0, 0.1) is 11.8 Å². The summed E-state index contributed by atoms with van der Waals surface area (Å²) >= 11 is 0. The van der Waals surface area contributed by atoms with Crippen molar-refractivity contribution in [3.05, 3.63) is 52.2 Å². The molecule has 0 spiro atoms. The van der Waals surface area contributed by atoms with Gasteiger partial charge in [0.15, 0.2) is 0 Å². The Bertz CT molecular complexity index is 808. The van der Waals surface area contributed by atoms with Crippen LogP contribution >= 0.6 is 0 Å². The quantitative estimate of drug-likeness (QED) is 0.468. The van der Waals surface area contributed by atoms with Crippen LogP contribution in [0.4, 0.5) is 5.69 Å². The fraction of sp³-hybridized carbons (Fsp3) is 0.593. The van der Waals surface area contributed by atoms with Gasteiger partial charge in [-0.15, -0.1) is 0 Å². The van der Waals surface area contributed by atoms with Gasteiger partial charge in [-0.05, 0) is 47.7 Å². The Morgan fingerprint density at radius 3 is 1.97 bits per heavy atom. The molecule has 0 aromatic heterocycles. The van der Waals surface area contributed by atoms with Gasteiger partial charge in [-0.3, -0.25) is 0 Å². The van der Waals surface area contributed by atoms with Crippen LogP contribution in [-0.4, -0.2) is 24.0 Å². The van der Waals surface area contributed by atoms with Crippen LogP contribution in [0.5, 0.6) is 0 Å². The first-order chi connectivity index (χ1) is 13.7. The number of hydrogen-bond acceptors (Lipinski definition) is 1. The van der Waals surface area contributed by atoms with E-state index < -0.39 is 0 Å². The molecule has 0 amide bonds. The molecule has 29 heavy (non-hydrogen) atoms. The van der Waals surface area contributed by atoms with Crippen molar-refractivity contribution in [2.45, 2.75) is 80.1 Å². The normalized spacial score (nSPS) is 17.9. The molecule has 0 fully saturated rings. The van der Waals surface area contributed by atoms with Crippen molar-refractivity contribution in [2.75, 3.05) is 18.0 Å². The molecule has 0 saturated heterocycles. The van der Waals surface area contributed by atoms with Crippen LogP contribution in [-0.2, 0) is 0 Å². The minimum absolute atomic E-state index is 0.525. The van der Waals surface area contributed by atoms with Crippen molar-refractivity contribution in [1.82, 2.24) is 0 Å². The third kappa shape index (κ3) is 4.37. The van der Waals surface area contributed by atoms with Gasteiger partial charge in [-0.2, -0.15) is 0 Å². The summed E-state index contributed by atoms with van der Waals surface area (Å²) in [7, 11) is 0. The van der Waals surface area contributed by atoms with E-state index in [9.17, 15) is 0 Å². The van der Waals surface area contributed by atoms with E-state index in [-0.39, 0.29) is 0 Å². The smallest absolute Gasteiger partial charge is 0.229 e. The van der Waals surface area contributed by atoms with Gasteiger partial charge in [0.1, 0.15) is 24.5 Å². The summed E-state index contributed by atoms with van der Waals surface area (Å²) in [6.45, 7) is 20.8. The van der Waals surface area contributed by atoms with Crippen LogP contribution < -0.4 is 4.90 Å². The molecule has 1 aromatic rings. The van der Waals surface area contributed by atoms with Gasteiger partial charge in [0.05, 0.1) is 0 Å². The molecule has 0 bridgehead atoms. The van der Waals surface area contributed by atoms with Crippen molar-refractivity contribution < 1.29 is 4.58 Å². The zero-order chi connectivity index (χ0) is 21.3. The Balaban J connectivity index is 2.10. The van der Waals surface area contributed by atoms with Crippen molar-refractivity contribution >= 4 is 12.0 Å². The van der Waals surface area contributed by atoms with Gasteiger partial charge in [0.2, 0.25) is 6.34 Å². The van der Waals surface area contributed by atoms with Gasteiger partial charge >= 0.3 is 0 Å². The maximum atomic E-state index is 2.56. The topological polar surface area (TPSA) is 6.25 Å². The third-order valence-corrected chi connectivity index (χ3v) is 6.45. The average Bonchev–Trinajstić information content (AvgIpc) is 3.15. The monoisotopic (exact) mass is 393 g/mol. The lowest BCUT2D eigenvalue weighted by molar-refractivity contribution is -0.460. The standard InChI is InChI=1S/C27H41N2/c1-18(2)22-11-9-12-23(19(3)4)26(22)28-15-16-29(17-28)27-24(20(5)6)13-10-14-25(27)21(7)8/h9,11-13,17-21H,10,14-16H2,1-8H3/q+1. The number of allylic oxidation sites excluding steroid dienone is 3. The molecule has 0 unspecified atom stereocenters. The fourth-order valence-electron chi connectivity index (χ4n) is 4.89. The predicted molar refractivity (Wildman–Crippen MR) is 127 cm³/mol. The van der Waals surface area contributed by atoms with Crippen LogP contribution in [0.3, 0.4) is 0 Å². The van der Waals surface area contributed by atoms with Gasteiger partial charge in [0.25, 0.3) is 0 Å². The zero-order valence-corrected chi connectivity index (χ0v) is 19.9. The lowest BCUT2D eigenvalue weighted by atomic mass is 9.84. The second kappa shape index (κ2) is 8.90. The van der Waals surface area contributed by atoms with E-state index in [1.54, 1.807) is 11.1 Å². The van der Waals surface area contributed by atoms with Crippen LogP contribution in [0.1, 0.15) is 91.2 Å². The minimum Gasteiger partial charge on any atom is -0.229 e. The lowest BCUT2D eigenvalue weighted by Gasteiger charge is -2.25. The van der Waals surface area contributed by atoms with Crippen molar-refractivity contribution in [1.29, 1.82) is 0 Å². The molecular formula is C27H41N2+. The lowest BCUT2D eigenvalue weighted by Crippen LogP contribution is -2.22. The molecule has 1 aliphatic carbocycles. The third-order valence-electron chi connectivity index (χ3n) is 6.45. The molecule has 0 N–H and O–H groups in total. The van der Waals surface area contributed by atoms with E-state index in [0.717, 1.165) is 13.1 Å². The summed E-state index contributed by atoms with van der Waals surface area (Å²) in [6, 6.07) is 6.88. The zero-order valence-electron chi connectivity index (χ0n) is 19.9. The Labute approximate surface area is 179 Å². The minimum atomic E-state index is 0.525.